The zero-order valence-corrected chi connectivity index (χ0v) is 11.1. The van der Waals surface area contributed by atoms with Gasteiger partial charge in [0.15, 0.2) is 0 Å². The summed E-state index contributed by atoms with van der Waals surface area (Å²) in [7, 11) is 0. The van der Waals surface area contributed by atoms with Gasteiger partial charge in [-0.25, -0.2) is 0 Å². The number of ether oxygens (including phenoxy) is 1. The molecule has 0 saturated heterocycles. The van der Waals surface area contributed by atoms with Gasteiger partial charge in [0.25, 0.3) is 0 Å². The number of nitrogens with two attached hydrogens (primary N) is 1. The normalized spacial score (nSPS) is 33.4. The van der Waals surface area contributed by atoms with Gasteiger partial charge in [0.1, 0.15) is 0 Å². The molecule has 2 atom stereocenters. The van der Waals surface area contributed by atoms with Crippen LogP contribution in [-0.4, -0.2) is 30.2 Å². The van der Waals surface area contributed by atoms with Gasteiger partial charge < -0.3 is 15.8 Å². The largest absolute Gasteiger partial charge is 0.378 e. The summed E-state index contributed by atoms with van der Waals surface area (Å²) in [4.78, 5) is 12.0. The van der Waals surface area contributed by atoms with Crippen LogP contribution < -0.4 is 11.1 Å². The molecule has 0 aromatic heterocycles. The van der Waals surface area contributed by atoms with Crippen LogP contribution in [0.15, 0.2) is 0 Å². The fraction of sp³-hybridized carbons (Fsp3) is 0.923. The van der Waals surface area contributed by atoms with E-state index < -0.39 is 5.54 Å². The van der Waals surface area contributed by atoms with E-state index in [0.717, 1.165) is 32.3 Å². The molecule has 1 amide bonds. The smallest absolute Gasteiger partial charge is 0.240 e. The molecule has 0 aromatic rings. The van der Waals surface area contributed by atoms with Crippen LogP contribution in [0.25, 0.3) is 0 Å². The standard InChI is InChI=1S/C13H24N2O2/c1-4-17-10-8-9(12(10,2)3)15-11(16)13(14)6-5-7-13/h9-10H,4-8,14H2,1-3H3,(H,15,16). The van der Waals surface area contributed by atoms with E-state index in [-0.39, 0.29) is 23.5 Å². The lowest BCUT2D eigenvalue weighted by atomic mass is 9.64. The molecular weight excluding hydrogens is 216 g/mol. The van der Waals surface area contributed by atoms with Crippen LogP contribution in [0.4, 0.5) is 0 Å². The van der Waals surface area contributed by atoms with Crippen molar-refractivity contribution in [2.75, 3.05) is 6.61 Å². The van der Waals surface area contributed by atoms with E-state index in [1.165, 1.54) is 0 Å². The van der Waals surface area contributed by atoms with Crippen LogP contribution in [0.3, 0.4) is 0 Å². The summed E-state index contributed by atoms with van der Waals surface area (Å²) in [6.07, 6.45) is 3.87. The molecule has 0 spiro atoms. The Morgan fingerprint density at radius 3 is 2.53 bits per heavy atom. The van der Waals surface area contributed by atoms with E-state index in [0.29, 0.717) is 0 Å². The number of hydrogen-bond acceptors (Lipinski definition) is 3. The number of hydrogen-bond donors (Lipinski definition) is 2. The van der Waals surface area contributed by atoms with Crippen molar-refractivity contribution in [3.05, 3.63) is 0 Å². The molecule has 2 rings (SSSR count). The van der Waals surface area contributed by atoms with Crippen molar-refractivity contribution in [3.8, 4) is 0 Å². The second-order valence-electron chi connectivity index (χ2n) is 6.04. The predicted octanol–water partition coefficient (Wildman–Crippen LogP) is 1.19. The monoisotopic (exact) mass is 240 g/mol. The molecule has 4 nitrogen and oxygen atoms in total. The highest BCUT2D eigenvalue weighted by molar-refractivity contribution is 5.87. The lowest BCUT2D eigenvalue weighted by Crippen LogP contribution is -2.67. The third kappa shape index (κ3) is 2.08. The number of amides is 1. The zero-order valence-electron chi connectivity index (χ0n) is 11.1. The average Bonchev–Trinajstić information content (AvgIpc) is 2.24. The molecule has 2 aliphatic rings. The number of nitrogens with one attached hydrogen (secondary N) is 1. The van der Waals surface area contributed by atoms with E-state index in [2.05, 4.69) is 19.2 Å². The minimum absolute atomic E-state index is 0.0196. The van der Waals surface area contributed by atoms with Gasteiger partial charge in [-0.1, -0.05) is 13.8 Å². The van der Waals surface area contributed by atoms with E-state index in [1.54, 1.807) is 0 Å². The van der Waals surface area contributed by atoms with Gasteiger partial charge in [-0.3, -0.25) is 4.79 Å². The molecule has 98 valence electrons. The van der Waals surface area contributed by atoms with Crippen molar-refractivity contribution in [3.63, 3.8) is 0 Å². The maximum Gasteiger partial charge on any atom is 0.240 e. The van der Waals surface area contributed by atoms with Gasteiger partial charge in [0, 0.05) is 18.1 Å². The molecule has 2 unspecified atom stereocenters. The Kier molecular flexibility index (Phi) is 3.21. The Balaban J connectivity index is 1.87. The fourth-order valence-electron chi connectivity index (χ4n) is 2.70. The summed E-state index contributed by atoms with van der Waals surface area (Å²) in [5.74, 6) is 0.0248. The van der Waals surface area contributed by atoms with Crippen LogP contribution >= 0.6 is 0 Å². The lowest BCUT2D eigenvalue weighted by Gasteiger charge is -2.52. The molecular formula is C13H24N2O2. The van der Waals surface area contributed by atoms with Gasteiger partial charge in [0.05, 0.1) is 11.6 Å². The predicted molar refractivity (Wildman–Crippen MR) is 66.5 cm³/mol. The summed E-state index contributed by atoms with van der Waals surface area (Å²) in [6.45, 7) is 7.03. The molecule has 3 N–H and O–H groups in total. The summed E-state index contributed by atoms with van der Waals surface area (Å²) in [5, 5.41) is 3.09. The van der Waals surface area contributed by atoms with Crippen LogP contribution in [0.2, 0.25) is 0 Å². The molecule has 2 saturated carbocycles. The van der Waals surface area contributed by atoms with Gasteiger partial charge in [-0.2, -0.15) is 0 Å². The topological polar surface area (TPSA) is 64.3 Å². The first-order valence-corrected chi connectivity index (χ1v) is 6.61. The first-order valence-electron chi connectivity index (χ1n) is 6.61. The minimum atomic E-state index is -0.590. The summed E-state index contributed by atoms with van der Waals surface area (Å²) in [5.41, 5.74) is 5.44. The second kappa shape index (κ2) is 4.25. The van der Waals surface area contributed by atoms with Crippen molar-refractivity contribution < 1.29 is 9.53 Å². The van der Waals surface area contributed by atoms with Crippen LogP contribution in [0.5, 0.6) is 0 Å². The van der Waals surface area contributed by atoms with E-state index in [1.807, 2.05) is 6.92 Å². The molecule has 2 aliphatic carbocycles. The van der Waals surface area contributed by atoms with Crippen LogP contribution in [0.1, 0.15) is 46.5 Å². The van der Waals surface area contributed by atoms with E-state index in [4.69, 9.17) is 10.5 Å². The molecule has 2 fully saturated rings. The quantitative estimate of drug-likeness (QED) is 0.775. The van der Waals surface area contributed by atoms with Crippen LogP contribution in [-0.2, 0) is 9.53 Å². The SMILES string of the molecule is CCOC1CC(NC(=O)C2(N)CCC2)C1(C)C. The van der Waals surface area contributed by atoms with Crippen molar-refractivity contribution >= 4 is 5.91 Å². The van der Waals surface area contributed by atoms with Crippen molar-refractivity contribution in [2.24, 2.45) is 11.1 Å². The summed E-state index contributed by atoms with van der Waals surface area (Å²) in [6, 6.07) is 0.201. The highest BCUT2D eigenvalue weighted by Gasteiger charge is 2.51. The maximum atomic E-state index is 12.0. The van der Waals surface area contributed by atoms with Gasteiger partial charge in [-0.15, -0.1) is 0 Å². The Bertz CT molecular complexity index is 311. The Morgan fingerprint density at radius 2 is 2.12 bits per heavy atom. The zero-order chi connectivity index (χ0) is 12.7. The Hall–Kier alpha value is -0.610. The number of carbonyl (C=O) groups excluding carboxylic acids is 1. The molecule has 0 aromatic carbocycles. The van der Waals surface area contributed by atoms with Gasteiger partial charge >= 0.3 is 0 Å². The Morgan fingerprint density at radius 1 is 1.47 bits per heavy atom. The van der Waals surface area contributed by atoms with Gasteiger partial charge in [-0.05, 0) is 32.6 Å². The third-order valence-corrected chi connectivity index (χ3v) is 4.55. The number of carbonyl (C=O) groups is 1. The lowest BCUT2D eigenvalue weighted by molar-refractivity contribution is -0.143. The molecule has 0 bridgehead atoms. The van der Waals surface area contributed by atoms with Crippen molar-refractivity contribution in [2.45, 2.75) is 64.1 Å². The highest BCUT2D eigenvalue weighted by atomic mass is 16.5. The summed E-state index contributed by atoms with van der Waals surface area (Å²) >= 11 is 0. The molecule has 0 heterocycles. The molecule has 17 heavy (non-hydrogen) atoms. The Labute approximate surface area is 103 Å². The first-order chi connectivity index (χ1) is 7.90. The van der Waals surface area contributed by atoms with Gasteiger partial charge in [0.2, 0.25) is 5.91 Å². The molecule has 0 aliphatic heterocycles. The first kappa shape index (κ1) is 12.8. The molecule has 4 heteroatoms. The second-order valence-corrected chi connectivity index (χ2v) is 6.04. The van der Waals surface area contributed by atoms with E-state index in [9.17, 15) is 4.79 Å². The van der Waals surface area contributed by atoms with E-state index >= 15 is 0 Å². The minimum Gasteiger partial charge on any atom is -0.378 e. The summed E-state index contributed by atoms with van der Waals surface area (Å²) < 4.78 is 5.65. The average molecular weight is 240 g/mol. The fourth-order valence-corrected chi connectivity index (χ4v) is 2.70. The third-order valence-electron chi connectivity index (χ3n) is 4.55. The highest BCUT2D eigenvalue weighted by Crippen LogP contribution is 2.43. The van der Waals surface area contributed by atoms with Crippen molar-refractivity contribution in [1.82, 2.24) is 5.32 Å². The maximum absolute atomic E-state index is 12.0. The van der Waals surface area contributed by atoms with Crippen LogP contribution in [0, 0.1) is 5.41 Å². The van der Waals surface area contributed by atoms with Crippen molar-refractivity contribution in [1.29, 1.82) is 0 Å². The number of rotatable bonds is 4. The molecule has 0 radical (unpaired) electrons.